The maximum atomic E-state index is 13.0. The molecule has 0 bridgehead atoms. The minimum absolute atomic E-state index is 0.0902. The van der Waals surface area contributed by atoms with Crippen molar-refractivity contribution in [3.05, 3.63) is 94.3 Å². The quantitative estimate of drug-likeness (QED) is 0.459. The predicted molar refractivity (Wildman–Crippen MR) is 120 cm³/mol. The Morgan fingerprint density at radius 3 is 2.50 bits per heavy atom. The molecule has 0 spiro atoms. The summed E-state index contributed by atoms with van der Waals surface area (Å²) >= 11 is 6.19. The molecule has 0 aliphatic rings. The normalized spacial score (nSPS) is 10.8. The zero-order valence-electron chi connectivity index (χ0n) is 17.0. The smallest absolute Gasteiger partial charge is 0.295 e. The maximum Gasteiger partial charge on any atom is 0.295 e. The van der Waals surface area contributed by atoms with Gasteiger partial charge in [0, 0.05) is 16.3 Å². The molecule has 0 atom stereocenters. The summed E-state index contributed by atoms with van der Waals surface area (Å²) in [5.41, 5.74) is 5.55. The van der Waals surface area contributed by atoms with E-state index < -0.39 is 0 Å². The fourth-order valence-electron chi connectivity index (χ4n) is 3.23. The first-order valence-electron chi connectivity index (χ1n) is 9.60. The molecule has 30 heavy (non-hydrogen) atoms. The SMILES string of the molecule is Cc1cccc(-n2nc(C(=O)Nc3cccc(C)c3C)nc2-c2cccc(Cl)c2)c1. The molecule has 1 amide bonds. The van der Waals surface area contributed by atoms with Crippen molar-refractivity contribution in [2.75, 3.05) is 5.32 Å². The largest absolute Gasteiger partial charge is 0.319 e. The maximum absolute atomic E-state index is 13.0. The minimum Gasteiger partial charge on any atom is -0.319 e. The van der Waals surface area contributed by atoms with Gasteiger partial charge in [-0.2, -0.15) is 0 Å². The molecule has 0 fully saturated rings. The van der Waals surface area contributed by atoms with Crippen LogP contribution >= 0.6 is 11.6 Å². The first-order valence-corrected chi connectivity index (χ1v) is 9.98. The van der Waals surface area contributed by atoms with E-state index in [0.717, 1.165) is 33.6 Å². The van der Waals surface area contributed by atoms with E-state index in [4.69, 9.17) is 11.6 Å². The monoisotopic (exact) mass is 416 g/mol. The summed E-state index contributed by atoms with van der Waals surface area (Å²) in [7, 11) is 0. The molecule has 1 aromatic heterocycles. The Morgan fingerprint density at radius 2 is 1.73 bits per heavy atom. The number of carbonyl (C=O) groups is 1. The Labute approximate surface area is 180 Å². The van der Waals surface area contributed by atoms with Crippen molar-refractivity contribution in [3.8, 4) is 17.1 Å². The van der Waals surface area contributed by atoms with E-state index in [1.165, 1.54) is 0 Å². The molecule has 1 N–H and O–H groups in total. The van der Waals surface area contributed by atoms with Gasteiger partial charge in [0.25, 0.3) is 5.91 Å². The topological polar surface area (TPSA) is 59.8 Å². The zero-order valence-corrected chi connectivity index (χ0v) is 17.7. The second-order valence-corrected chi connectivity index (χ2v) is 7.66. The highest BCUT2D eigenvalue weighted by Crippen LogP contribution is 2.25. The van der Waals surface area contributed by atoms with Crippen molar-refractivity contribution in [2.45, 2.75) is 20.8 Å². The molecule has 0 aliphatic carbocycles. The van der Waals surface area contributed by atoms with Crippen molar-refractivity contribution in [2.24, 2.45) is 0 Å². The van der Waals surface area contributed by atoms with E-state index in [2.05, 4.69) is 15.4 Å². The van der Waals surface area contributed by atoms with Gasteiger partial charge in [-0.15, -0.1) is 5.10 Å². The van der Waals surface area contributed by atoms with Crippen LogP contribution in [0.1, 0.15) is 27.3 Å². The number of nitrogens with zero attached hydrogens (tertiary/aromatic N) is 3. The molecule has 0 aliphatic heterocycles. The molecule has 150 valence electrons. The summed E-state index contributed by atoms with van der Waals surface area (Å²) in [5.74, 6) is 0.278. The Balaban J connectivity index is 1.79. The van der Waals surface area contributed by atoms with Crippen LogP contribution < -0.4 is 5.32 Å². The van der Waals surface area contributed by atoms with E-state index >= 15 is 0 Å². The van der Waals surface area contributed by atoms with Gasteiger partial charge in [0.1, 0.15) is 0 Å². The van der Waals surface area contributed by atoms with Crippen LogP contribution in [-0.2, 0) is 0 Å². The molecule has 3 aromatic carbocycles. The molecular formula is C24H21ClN4O. The number of rotatable bonds is 4. The van der Waals surface area contributed by atoms with Crippen LogP contribution in [0.3, 0.4) is 0 Å². The van der Waals surface area contributed by atoms with Gasteiger partial charge < -0.3 is 5.32 Å². The molecule has 5 nitrogen and oxygen atoms in total. The van der Waals surface area contributed by atoms with Gasteiger partial charge >= 0.3 is 0 Å². The van der Waals surface area contributed by atoms with Crippen LogP contribution in [0, 0.1) is 20.8 Å². The number of amides is 1. The second kappa shape index (κ2) is 8.13. The van der Waals surface area contributed by atoms with Crippen LogP contribution in [0.15, 0.2) is 66.7 Å². The lowest BCUT2D eigenvalue weighted by atomic mass is 10.1. The number of halogens is 1. The standard InChI is InChI=1S/C24H21ClN4O/c1-15-7-4-11-20(13-15)29-23(18-9-6-10-19(25)14-18)27-22(28-29)24(30)26-21-12-5-8-16(2)17(21)3/h4-14H,1-3H3,(H,26,30). The number of carbonyl (C=O) groups excluding carboxylic acids is 1. The van der Waals surface area contributed by atoms with E-state index in [1.54, 1.807) is 10.7 Å². The number of aryl methyl sites for hydroxylation is 2. The van der Waals surface area contributed by atoms with Gasteiger partial charge in [0.05, 0.1) is 5.69 Å². The number of nitrogens with one attached hydrogen (secondary N) is 1. The van der Waals surface area contributed by atoms with Crippen molar-refractivity contribution in [1.82, 2.24) is 14.8 Å². The second-order valence-electron chi connectivity index (χ2n) is 7.22. The lowest BCUT2D eigenvalue weighted by Gasteiger charge is -2.08. The highest BCUT2D eigenvalue weighted by Gasteiger charge is 2.20. The molecule has 4 aromatic rings. The van der Waals surface area contributed by atoms with Crippen molar-refractivity contribution in [1.29, 1.82) is 0 Å². The number of benzene rings is 3. The first kappa shape index (κ1) is 19.9. The van der Waals surface area contributed by atoms with E-state index in [1.807, 2.05) is 81.4 Å². The van der Waals surface area contributed by atoms with Gasteiger partial charge in [-0.25, -0.2) is 9.67 Å². The Morgan fingerprint density at radius 1 is 0.967 bits per heavy atom. The summed E-state index contributed by atoms with van der Waals surface area (Å²) in [6.45, 7) is 5.99. The summed E-state index contributed by atoms with van der Waals surface area (Å²) in [6, 6.07) is 21.0. The van der Waals surface area contributed by atoms with Gasteiger partial charge in [-0.1, -0.05) is 48.0 Å². The molecule has 6 heteroatoms. The lowest BCUT2D eigenvalue weighted by Crippen LogP contribution is -2.15. The average Bonchev–Trinajstić information content (AvgIpc) is 3.17. The lowest BCUT2D eigenvalue weighted by molar-refractivity contribution is 0.101. The van der Waals surface area contributed by atoms with Crippen LogP contribution in [-0.4, -0.2) is 20.7 Å². The predicted octanol–water partition coefficient (Wildman–Crippen LogP) is 5.77. The van der Waals surface area contributed by atoms with Crippen molar-refractivity contribution >= 4 is 23.2 Å². The highest BCUT2D eigenvalue weighted by atomic mass is 35.5. The van der Waals surface area contributed by atoms with Crippen LogP contribution in [0.2, 0.25) is 5.02 Å². The summed E-state index contributed by atoms with van der Waals surface area (Å²) in [5, 5.41) is 8.05. The molecule has 0 saturated heterocycles. The summed E-state index contributed by atoms with van der Waals surface area (Å²) in [6.07, 6.45) is 0. The minimum atomic E-state index is -0.363. The Kier molecular flexibility index (Phi) is 5.38. The molecule has 1 heterocycles. The third kappa shape index (κ3) is 3.98. The summed E-state index contributed by atoms with van der Waals surface area (Å²) in [4.78, 5) is 17.5. The third-order valence-corrected chi connectivity index (χ3v) is 5.23. The molecule has 0 unspecified atom stereocenters. The van der Waals surface area contributed by atoms with Gasteiger partial charge in [-0.05, 0) is 67.8 Å². The molecule has 4 rings (SSSR count). The molecule has 0 radical (unpaired) electrons. The van der Waals surface area contributed by atoms with E-state index in [0.29, 0.717) is 10.8 Å². The van der Waals surface area contributed by atoms with Gasteiger partial charge in [0.15, 0.2) is 5.82 Å². The highest BCUT2D eigenvalue weighted by molar-refractivity contribution is 6.30. The van der Waals surface area contributed by atoms with Crippen molar-refractivity contribution < 1.29 is 4.79 Å². The van der Waals surface area contributed by atoms with Gasteiger partial charge in [-0.3, -0.25) is 4.79 Å². The summed E-state index contributed by atoms with van der Waals surface area (Å²) < 4.78 is 1.68. The average molecular weight is 417 g/mol. The van der Waals surface area contributed by atoms with E-state index in [9.17, 15) is 4.79 Å². The number of aromatic nitrogens is 3. The first-order chi connectivity index (χ1) is 14.4. The fourth-order valence-corrected chi connectivity index (χ4v) is 3.42. The number of hydrogen-bond donors (Lipinski definition) is 1. The third-order valence-electron chi connectivity index (χ3n) is 4.99. The molecule has 0 saturated carbocycles. The van der Waals surface area contributed by atoms with Crippen molar-refractivity contribution in [3.63, 3.8) is 0 Å². The Hall–Kier alpha value is -3.44. The molecular weight excluding hydrogens is 396 g/mol. The van der Waals surface area contributed by atoms with Crippen LogP contribution in [0.25, 0.3) is 17.1 Å². The van der Waals surface area contributed by atoms with E-state index in [-0.39, 0.29) is 11.7 Å². The van der Waals surface area contributed by atoms with Gasteiger partial charge in [0.2, 0.25) is 5.82 Å². The Bertz CT molecular complexity index is 1180. The van der Waals surface area contributed by atoms with Crippen LogP contribution in [0.5, 0.6) is 0 Å². The van der Waals surface area contributed by atoms with Crippen LogP contribution in [0.4, 0.5) is 5.69 Å². The number of hydrogen-bond acceptors (Lipinski definition) is 3. The fraction of sp³-hybridized carbons (Fsp3) is 0.125. The zero-order chi connectivity index (χ0) is 21.3. The number of anilines is 1.